The highest BCUT2D eigenvalue weighted by Crippen LogP contribution is 2.20. The van der Waals surface area contributed by atoms with Gasteiger partial charge >= 0.3 is 0 Å². The Labute approximate surface area is 144 Å². The maximum atomic E-state index is 11.7. The van der Waals surface area contributed by atoms with Crippen LogP contribution >= 0.6 is 0 Å². The van der Waals surface area contributed by atoms with Crippen LogP contribution in [0.3, 0.4) is 0 Å². The van der Waals surface area contributed by atoms with Crippen molar-refractivity contribution in [1.82, 2.24) is 10.6 Å². The lowest BCUT2D eigenvalue weighted by Gasteiger charge is -2.22. The van der Waals surface area contributed by atoms with Gasteiger partial charge in [0, 0.05) is 31.4 Å². The summed E-state index contributed by atoms with van der Waals surface area (Å²) in [5.74, 6) is -0.445. The maximum Gasteiger partial charge on any atom is 0.244 e. The smallest absolute Gasteiger partial charge is 0.244 e. The summed E-state index contributed by atoms with van der Waals surface area (Å²) in [6, 6.07) is 8.26. The summed E-state index contributed by atoms with van der Waals surface area (Å²) in [6.45, 7) is 4.66. The molecule has 0 bridgehead atoms. The van der Waals surface area contributed by atoms with Crippen molar-refractivity contribution in [3.8, 4) is 0 Å². The zero-order chi connectivity index (χ0) is 17.2. The minimum absolute atomic E-state index is 0.00487. The van der Waals surface area contributed by atoms with E-state index in [2.05, 4.69) is 27.7 Å². The third kappa shape index (κ3) is 6.07. The van der Waals surface area contributed by atoms with Crippen LogP contribution in [0.2, 0.25) is 0 Å². The summed E-state index contributed by atoms with van der Waals surface area (Å²) in [5, 5.41) is 5.20. The number of benzene rings is 1. The van der Waals surface area contributed by atoms with Crippen LogP contribution in [0, 0.1) is 0 Å². The number of rotatable bonds is 6. The molecule has 1 aliphatic heterocycles. The average Bonchev–Trinajstić information content (AvgIpc) is 2.88. The second kappa shape index (κ2) is 9.75. The van der Waals surface area contributed by atoms with Gasteiger partial charge in [-0.2, -0.15) is 0 Å². The number of hydrogen-bond acceptors (Lipinski definition) is 3. The van der Waals surface area contributed by atoms with Crippen LogP contribution in [0.1, 0.15) is 38.2 Å². The van der Waals surface area contributed by atoms with E-state index in [1.54, 1.807) is 6.08 Å². The Bertz CT molecular complexity index is 558. The van der Waals surface area contributed by atoms with Crippen molar-refractivity contribution >= 4 is 23.6 Å². The van der Waals surface area contributed by atoms with E-state index in [9.17, 15) is 9.59 Å². The quantitative estimate of drug-likeness (QED) is 0.788. The first-order valence-corrected chi connectivity index (χ1v) is 8.76. The molecule has 1 aromatic rings. The fourth-order valence-corrected chi connectivity index (χ4v) is 2.78. The second-order valence-corrected chi connectivity index (χ2v) is 6.00. The van der Waals surface area contributed by atoms with E-state index in [-0.39, 0.29) is 18.4 Å². The molecule has 0 saturated carbocycles. The number of anilines is 1. The fraction of sp³-hybridized carbons (Fsp3) is 0.474. The average molecular weight is 329 g/mol. The van der Waals surface area contributed by atoms with E-state index in [0.29, 0.717) is 6.54 Å². The lowest BCUT2D eigenvalue weighted by molar-refractivity contribution is -0.123. The van der Waals surface area contributed by atoms with E-state index in [0.717, 1.165) is 18.7 Å². The second-order valence-electron chi connectivity index (χ2n) is 6.00. The van der Waals surface area contributed by atoms with Crippen molar-refractivity contribution < 1.29 is 9.59 Å². The topological polar surface area (TPSA) is 61.4 Å². The molecule has 1 fully saturated rings. The molecule has 130 valence electrons. The number of hydrogen-bond donors (Lipinski definition) is 2. The van der Waals surface area contributed by atoms with E-state index in [1.165, 1.54) is 37.4 Å². The van der Waals surface area contributed by atoms with E-state index in [4.69, 9.17) is 0 Å². The van der Waals surface area contributed by atoms with Crippen molar-refractivity contribution in [3.63, 3.8) is 0 Å². The molecule has 0 unspecified atom stereocenters. The van der Waals surface area contributed by atoms with Crippen LogP contribution in [-0.4, -0.2) is 38.0 Å². The van der Waals surface area contributed by atoms with Crippen LogP contribution in [0.4, 0.5) is 5.69 Å². The van der Waals surface area contributed by atoms with Crippen LogP contribution < -0.4 is 15.5 Å². The van der Waals surface area contributed by atoms with Gasteiger partial charge in [-0.3, -0.25) is 9.59 Å². The summed E-state index contributed by atoms with van der Waals surface area (Å²) in [5.41, 5.74) is 2.22. The summed E-state index contributed by atoms with van der Waals surface area (Å²) in [7, 11) is 0. The van der Waals surface area contributed by atoms with Gasteiger partial charge in [-0.1, -0.05) is 25.0 Å². The first-order chi connectivity index (χ1) is 11.7. The van der Waals surface area contributed by atoms with Gasteiger partial charge in [-0.05, 0) is 43.5 Å². The van der Waals surface area contributed by atoms with Crippen LogP contribution in [-0.2, 0) is 9.59 Å². The SMILES string of the molecule is CCNC(=O)CNC(=O)/C=C/c1ccc(N2CCCCCC2)cc1. The molecule has 2 N–H and O–H groups in total. The molecule has 24 heavy (non-hydrogen) atoms. The largest absolute Gasteiger partial charge is 0.372 e. The van der Waals surface area contributed by atoms with Crippen LogP contribution in [0.25, 0.3) is 6.08 Å². The highest BCUT2D eigenvalue weighted by atomic mass is 16.2. The molecule has 1 aromatic carbocycles. The first-order valence-electron chi connectivity index (χ1n) is 8.76. The molecular weight excluding hydrogens is 302 g/mol. The Hall–Kier alpha value is -2.30. The third-order valence-corrected chi connectivity index (χ3v) is 4.09. The zero-order valence-corrected chi connectivity index (χ0v) is 14.4. The number of carbonyl (C=O) groups is 2. The van der Waals surface area contributed by atoms with Crippen molar-refractivity contribution in [2.45, 2.75) is 32.6 Å². The molecule has 1 aliphatic rings. The predicted molar refractivity (Wildman–Crippen MR) is 97.9 cm³/mol. The minimum Gasteiger partial charge on any atom is -0.372 e. The lowest BCUT2D eigenvalue weighted by atomic mass is 10.1. The van der Waals surface area contributed by atoms with Gasteiger partial charge in [0.15, 0.2) is 0 Å². The number of nitrogens with zero attached hydrogens (tertiary/aromatic N) is 1. The Morgan fingerprint density at radius 3 is 2.33 bits per heavy atom. The van der Waals surface area contributed by atoms with Gasteiger partial charge in [0.05, 0.1) is 6.54 Å². The minimum atomic E-state index is -0.266. The standard InChI is InChI=1S/C19H27N3O2/c1-2-20-19(24)15-21-18(23)12-9-16-7-10-17(11-8-16)22-13-5-3-4-6-14-22/h7-12H,2-6,13-15H2,1H3,(H,20,24)(H,21,23)/b12-9+. The Morgan fingerprint density at radius 2 is 1.71 bits per heavy atom. The molecule has 1 heterocycles. The van der Waals surface area contributed by atoms with Gasteiger partial charge in [0.1, 0.15) is 0 Å². The van der Waals surface area contributed by atoms with E-state index in [1.807, 2.05) is 19.1 Å². The first kappa shape index (κ1) is 18.0. The molecule has 5 heteroatoms. The molecule has 5 nitrogen and oxygen atoms in total. The maximum absolute atomic E-state index is 11.7. The Balaban J connectivity index is 1.84. The molecule has 0 aliphatic carbocycles. The number of nitrogens with one attached hydrogen (secondary N) is 2. The molecule has 0 spiro atoms. The molecule has 0 aromatic heterocycles. The molecule has 2 rings (SSSR count). The number of likely N-dealkylation sites (N-methyl/N-ethyl adjacent to an activating group) is 1. The van der Waals surface area contributed by atoms with Crippen molar-refractivity contribution in [1.29, 1.82) is 0 Å². The Morgan fingerprint density at radius 1 is 1.04 bits per heavy atom. The van der Waals surface area contributed by atoms with Crippen molar-refractivity contribution in [2.24, 2.45) is 0 Å². The van der Waals surface area contributed by atoms with Crippen LogP contribution in [0.15, 0.2) is 30.3 Å². The van der Waals surface area contributed by atoms with Gasteiger partial charge < -0.3 is 15.5 Å². The van der Waals surface area contributed by atoms with Crippen molar-refractivity contribution in [2.75, 3.05) is 31.1 Å². The molecule has 1 saturated heterocycles. The van der Waals surface area contributed by atoms with Gasteiger partial charge in [0.2, 0.25) is 11.8 Å². The summed E-state index contributed by atoms with van der Waals surface area (Å²) in [6.07, 6.45) is 8.38. The Kier molecular flexibility index (Phi) is 7.33. The summed E-state index contributed by atoms with van der Waals surface area (Å²) in [4.78, 5) is 25.4. The third-order valence-electron chi connectivity index (χ3n) is 4.09. The summed E-state index contributed by atoms with van der Waals surface area (Å²) < 4.78 is 0. The molecule has 0 atom stereocenters. The van der Waals surface area contributed by atoms with E-state index < -0.39 is 0 Å². The van der Waals surface area contributed by atoms with Gasteiger partial charge in [-0.15, -0.1) is 0 Å². The van der Waals surface area contributed by atoms with Crippen LogP contribution in [0.5, 0.6) is 0 Å². The normalized spacial score (nSPS) is 15.1. The molecule has 0 radical (unpaired) electrons. The monoisotopic (exact) mass is 329 g/mol. The zero-order valence-electron chi connectivity index (χ0n) is 14.4. The lowest BCUT2D eigenvalue weighted by Crippen LogP contribution is -2.35. The highest BCUT2D eigenvalue weighted by molar-refractivity contribution is 5.94. The fourth-order valence-electron chi connectivity index (χ4n) is 2.78. The summed E-state index contributed by atoms with van der Waals surface area (Å²) >= 11 is 0. The molecular formula is C19H27N3O2. The number of carbonyl (C=O) groups excluding carboxylic acids is 2. The predicted octanol–water partition coefficient (Wildman–Crippen LogP) is 2.33. The van der Waals surface area contributed by atoms with E-state index >= 15 is 0 Å². The molecule has 2 amide bonds. The van der Waals surface area contributed by atoms with Crippen molar-refractivity contribution in [3.05, 3.63) is 35.9 Å². The van der Waals surface area contributed by atoms with Gasteiger partial charge in [-0.25, -0.2) is 0 Å². The van der Waals surface area contributed by atoms with Gasteiger partial charge in [0.25, 0.3) is 0 Å². The number of amides is 2. The highest BCUT2D eigenvalue weighted by Gasteiger charge is 2.09.